The van der Waals surface area contributed by atoms with Crippen molar-refractivity contribution in [3.8, 4) is 0 Å². The molecule has 0 radical (unpaired) electrons. The molecule has 2 saturated heterocycles. The van der Waals surface area contributed by atoms with Gasteiger partial charge in [-0.3, -0.25) is 4.79 Å². The van der Waals surface area contributed by atoms with Gasteiger partial charge < -0.3 is 14.5 Å². The summed E-state index contributed by atoms with van der Waals surface area (Å²) in [7, 11) is 0. The van der Waals surface area contributed by atoms with Gasteiger partial charge >= 0.3 is 6.09 Å². The van der Waals surface area contributed by atoms with Crippen molar-refractivity contribution in [2.45, 2.75) is 38.7 Å². The summed E-state index contributed by atoms with van der Waals surface area (Å²) >= 11 is 0. The van der Waals surface area contributed by atoms with E-state index < -0.39 is 5.60 Å². The van der Waals surface area contributed by atoms with Crippen LogP contribution >= 0.6 is 0 Å². The molecule has 0 saturated carbocycles. The van der Waals surface area contributed by atoms with Gasteiger partial charge in [-0.15, -0.1) is 0 Å². The third-order valence-corrected chi connectivity index (χ3v) is 5.80. The van der Waals surface area contributed by atoms with E-state index in [-0.39, 0.29) is 12.0 Å². The van der Waals surface area contributed by atoms with E-state index in [2.05, 4.69) is 18.8 Å². The molecule has 0 aliphatic carbocycles. The standard InChI is InChI=1S/C22H27N3O3/c1-16(2)9-12-25-15-22(28-21(25)27)10-13-24(14-11-22)20(26)19-8-7-17-5-3-4-6-18(17)23-19/h3-8,16H,9-15H2,1-2H3. The van der Waals surface area contributed by atoms with Gasteiger partial charge in [0.2, 0.25) is 0 Å². The zero-order valence-corrected chi connectivity index (χ0v) is 16.6. The molecule has 1 aromatic carbocycles. The monoisotopic (exact) mass is 381 g/mol. The molecule has 4 rings (SSSR count). The van der Waals surface area contributed by atoms with Gasteiger partial charge in [-0.25, -0.2) is 9.78 Å². The summed E-state index contributed by atoms with van der Waals surface area (Å²) in [5.41, 5.74) is 0.853. The third-order valence-electron chi connectivity index (χ3n) is 5.80. The smallest absolute Gasteiger partial charge is 0.410 e. The van der Waals surface area contributed by atoms with Crippen LogP contribution < -0.4 is 0 Å². The molecule has 6 heteroatoms. The fourth-order valence-electron chi connectivity index (χ4n) is 4.00. The Kier molecular flexibility index (Phi) is 4.96. The summed E-state index contributed by atoms with van der Waals surface area (Å²) in [6.45, 7) is 6.85. The highest BCUT2D eigenvalue weighted by Crippen LogP contribution is 2.34. The molecule has 2 fully saturated rings. The van der Waals surface area contributed by atoms with Crippen LogP contribution in [0.5, 0.6) is 0 Å². The minimum Gasteiger partial charge on any atom is -0.441 e. The van der Waals surface area contributed by atoms with E-state index in [0.29, 0.717) is 44.1 Å². The number of rotatable bonds is 4. The molecule has 0 atom stereocenters. The maximum atomic E-state index is 12.9. The predicted octanol–water partition coefficient (Wildman–Crippen LogP) is 3.71. The van der Waals surface area contributed by atoms with Gasteiger partial charge in [0.15, 0.2) is 0 Å². The first kappa shape index (κ1) is 18.7. The third kappa shape index (κ3) is 3.68. The van der Waals surface area contributed by atoms with E-state index in [0.717, 1.165) is 23.9 Å². The van der Waals surface area contributed by atoms with Crippen LogP contribution in [0.1, 0.15) is 43.6 Å². The zero-order valence-electron chi connectivity index (χ0n) is 16.6. The molecule has 2 aliphatic rings. The second-order valence-corrected chi connectivity index (χ2v) is 8.34. The number of benzene rings is 1. The number of piperidine rings is 1. The lowest BCUT2D eigenvalue weighted by Crippen LogP contribution is -2.49. The first-order valence-electron chi connectivity index (χ1n) is 10.1. The number of carbonyl (C=O) groups is 2. The lowest BCUT2D eigenvalue weighted by atomic mass is 9.91. The van der Waals surface area contributed by atoms with Crippen LogP contribution in [0.25, 0.3) is 10.9 Å². The molecule has 6 nitrogen and oxygen atoms in total. The number of likely N-dealkylation sites (tertiary alicyclic amines) is 1. The Labute approximate surface area is 165 Å². The highest BCUT2D eigenvalue weighted by molar-refractivity contribution is 5.95. The largest absolute Gasteiger partial charge is 0.441 e. The molecule has 1 spiro atoms. The summed E-state index contributed by atoms with van der Waals surface area (Å²) in [6.07, 6.45) is 2.12. The number of fused-ring (bicyclic) bond motifs is 1. The summed E-state index contributed by atoms with van der Waals surface area (Å²) in [6, 6.07) is 11.5. The highest BCUT2D eigenvalue weighted by atomic mass is 16.6. The molecule has 28 heavy (non-hydrogen) atoms. The number of amides is 2. The lowest BCUT2D eigenvalue weighted by molar-refractivity contribution is 0.00297. The van der Waals surface area contributed by atoms with Crippen LogP contribution in [0.15, 0.2) is 36.4 Å². The molecule has 3 heterocycles. The Bertz CT molecular complexity index is 887. The zero-order chi connectivity index (χ0) is 19.7. The van der Waals surface area contributed by atoms with Crippen molar-refractivity contribution in [1.82, 2.24) is 14.8 Å². The van der Waals surface area contributed by atoms with Crippen molar-refractivity contribution >= 4 is 22.9 Å². The normalized spacial score (nSPS) is 18.9. The number of hydrogen-bond donors (Lipinski definition) is 0. The number of para-hydroxylation sites is 1. The second-order valence-electron chi connectivity index (χ2n) is 8.34. The van der Waals surface area contributed by atoms with Gasteiger partial charge in [0.05, 0.1) is 12.1 Å². The molecule has 2 aliphatic heterocycles. The van der Waals surface area contributed by atoms with E-state index in [1.54, 1.807) is 6.07 Å². The first-order chi connectivity index (χ1) is 13.5. The molecule has 1 aromatic heterocycles. The molecule has 0 N–H and O–H groups in total. The lowest BCUT2D eigenvalue weighted by Gasteiger charge is -2.37. The van der Waals surface area contributed by atoms with Gasteiger partial charge in [0, 0.05) is 37.9 Å². The maximum Gasteiger partial charge on any atom is 0.410 e. The van der Waals surface area contributed by atoms with Crippen molar-refractivity contribution < 1.29 is 14.3 Å². The quantitative estimate of drug-likeness (QED) is 0.810. The number of hydrogen-bond acceptors (Lipinski definition) is 4. The van der Waals surface area contributed by atoms with E-state index in [1.165, 1.54) is 0 Å². The Morgan fingerprint density at radius 1 is 1.18 bits per heavy atom. The summed E-state index contributed by atoms with van der Waals surface area (Å²) in [5, 5.41) is 1.02. The molecule has 148 valence electrons. The van der Waals surface area contributed by atoms with Crippen molar-refractivity contribution in [2.24, 2.45) is 5.92 Å². The number of ether oxygens (including phenoxy) is 1. The SMILES string of the molecule is CC(C)CCN1CC2(CCN(C(=O)c3ccc4ccccc4n3)CC2)OC1=O. The fourth-order valence-corrected chi connectivity index (χ4v) is 4.00. The minimum atomic E-state index is -0.443. The molecular formula is C22H27N3O3. The van der Waals surface area contributed by atoms with Crippen molar-refractivity contribution in [3.05, 3.63) is 42.1 Å². The van der Waals surface area contributed by atoms with Crippen molar-refractivity contribution in [1.29, 1.82) is 0 Å². The molecule has 2 aromatic rings. The van der Waals surface area contributed by atoms with Gasteiger partial charge in [-0.05, 0) is 24.5 Å². The number of aromatic nitrogens is 1. The van der Waals surface area contributed by atoms with Crippen molar-refractivity contribution in [3.63, 3.8) is 0 Å². The van der Waals surface area contributed by atoms with Crippen LogP contribution in [0.3, 0.4) is 0 Å². The number of pyridine rings is 1. The Balaban J connectivity index is 1.39. The van der Waals surface area contributed by atoms with E-state index in [4.69, 9.17) is 4.74 Å². The Morgan fingerprint density at radius 3 is 2.68 bits per heavy atom. The maximum absolute atomic E-state index is 12.9. The molecule has 0 bridgehead atoms. The van der Waals surface area contributed by atoms with Gasteiger partial charge in [0.25, 0.3) is 5.91 Å². The summed E-state index contributed by atoms with van der Waals surface area (Å²) in [5.74, 6) is 0.500. The van der Waals surface area contributed by atoms with Gasteiger partial charge in [-0.2, -0.15) is 0 Å². The summed E-state index contributed by atoms with van der Waals surface area (Å²) < 4.78 is 5.76. The molecule has 2 amide bonds. The average Bonchev–Trinajstić information content (AvgIpc) is 3.01. The average molecular weight is 381 g/mol. The van der Waals surface area contributed by atoms with Crippen LogP contribution in [0, 0.1) is 5.92 Å². The van der Waals surface area contributed by atoms with Crippen LogP contribution in [0.4, 0.5) is 4.79 Å². The molecular weight excluding hydrogens is 354 g/mol. The molecule has 0 unspecified atom stereocenters. The highest BCUT2D eigenvalue weighted by Gasteiger charge is 2.47. The number of nitrogens with zero attached hydrogens (tertiary/aromatic N) is 3. The number of carbonyl (C=O) groups excluding carboxylic acids is 2. The van der Waals surface area contributed by atoms with E-state index >= 15 is 0 Å². The van der Waals surface area contributed by atoms with Gasteiger partial charge in [0.1, 0.15) is 11.3 Å². The first-order valence-corrected chi connectivity index (χ1v) is 10.1. The van der Waals surface area contributed by atoms with Crippen LogP contribution in [-0.4, -0.2) is 58.6 Å². The van der Waals surface area contributed by atoms with Crippen LogP contribution in [-0.2, 0) is 4.74 Å². The Hall–Kier alpha value is -2.63. The fraction of sp³-hybridized carbons (Fsp3) is 0.500. The predicted molar refractivity (Wildman–Crippen MR) is 107 cm³/mol. The summed E-state index contributed by atoms with van der Waals surface area (Å²) in [4.78, 5) is 33.3. The minimum absolute atomic E-state index is 0.0541. The Morgan fingerprint density at radius 2 is 1.93 bits per heavy atom. The van der Waals surface area contributed by atoms with Gasteiger partial charge in [-0.1, -0.05) is 38.1 Å². The van der Waals surface area contributed by atoms with Crippen molar-refractivity contribution in [2.75, 3.05) is 26.2 Å². The van der Waals surface area contributed by atoms with Crippen LogP contribution in [0.2, 0.25) is 0 Å². The topological polar surface area (TPSA) is 62.7 Å². The second kappa shape index (κ2) is 7.41. The van der Waals surface area contributed by atoms with E-state index in [9.17, 15) is 9.59 Å². The van der Waals surface area contributed by atoms with E-state index in [1.807, 2.05) is 40.1 Å².